The smallest absolute Gasteiger partial charge is 0.410 e. The maximum Gasteiger partial charge on any atom is 0.410 e. The quantitative estimate of drug-likeness (QED) is 0.729. The van der Waals surface area contributed by atoms with E-state index < -0.39 is 15.4 Å². The van der Waals surface area contributed by atoms with E-state index in [1.54, 1.807) is 4.90 Å². The number of Topliss-reactive ketones (excluding diaryl/α,β-unsaturated/α-hetero) is 1. The molecule has 3 rings (SSSR count). The fourth-order valence-corrected chi connectivity index (χ4v) is 4.82. The minimum absolute atomic E-state index is 0.160. The molecule has 7 nitrogen and oxygen atoms in total. The van der Waals surface area contributed by atoms with E-state index in [0.717, 1.165) is 0 Å². The summed E-state index contributed by atoms with van der Waals surface area (Å²) in [7, 11) is -3.35. The van der Waals surface area contributed by atoms with E-state index in [4.69, 9.17) is 4.74 Å². The summed E-state index contributed by atoms with van der Waals surface area (Å²) in [6.07, 6.45) is 3.40. The minimum atomic E-state index is -3.35. The molecule has 8 heteroatoms. The van der Waals surface area contributed by atoms with E-state index in [9.17, 15) is 18.0 Å². The topological polar surface area (TPSA) is 93.6 Å². The second-order valence-electron chi connectivity index (χ2n) is 8.23. The van der Waals surface area contributed by atoms with Crippen molar-refractivity contribution in [2.45, 2.75) is 62.2 Å². The van der Waals surface area contributed by atoms with Crippen LogP contribution in [0.3, 0.4) is 0 Å². The zero-order valence-corrected chi connectivity index (χ0v) is 16.8. The molecule has 0 aromatic carbocycles. The molecule has 1 aliphatic heterocycles. The molecule has 1 amide bonds. The lowest BCUT2D eigenvalue weighted by atomic mass is 9.91. The molecule has 1 aromatic rings. The zero-order valence-electron chi connectivity index (χ0n) is 16.0. The third-order valence-electron chi connectivity index (χ3n) is 4.79. The van der Waals surface area contributed by atoms with Gasteiger partial charge < -0.3 is 9.64 Å². The van der Waals surface area contributed by atoms with Crippen LogP contribution in [0.15, 0.2) is 23.2 Å². The van der Waals surface area contributed by atoms with Crippen molar-refractivity contribution < 1.29 is 22.7 Å². The number of nitrogens with zero attached hydrogens (tertiary/aromatic N) is 2. The summed E-state index contributed by atoms with van der Waals surface area (Å²) in [5.41, 5.74) is -0.367. The SMILES string of the molecule is CC(C)(C)OC(=O)N1CCC(C(=O)c2cc(S(=O)(=O)C3CC3)ccn2)CC1. The first kappa shape index (κ1) is 19.8. The molecule has 0 radical (unpaired) electrons. The number of likely N-dealkylation sites (tertiary alicyclic amines) is 1. The number of sulfone groups is 1. The molecule has 0 spiro atoms. The molecule has 1 aromatic heterocycles. The van der Waals surface area contributed by atoms with Crippen LogP contribution in [0.2, 0.25) is 0 Å². The number of ether oxygens (including phenoxy) is 1. The molecule has 27 heavy (non-hydrogen) atoms. The number of carbonyl (C=O) groups excluding carboxylic acids is 2. The summed E-state index contributed by atoms with van der Waals surface area (Å²) in [5, 5.41) is -0.320. The third kappa shape index (κ3) is 4.66. The van der Waals surface area contributed by atoms with Crippen molar-refractivity contribution in [2.24, 2.45) is 5.92 Å². The number of hydrogen-bond donors (Lipinski definition) is 0. The van der Waals surface area contributed by atoms with Gasteiger partial charge in [0.2, 0.25) is 0 Å². The lowest BCUT2D eigenvalue weighted by Crippen LogP contribution is -2.43. The molecule has 1 saturated carbocycles. The fourth-order valence-electron chi connectivity index (χ4n) is 3.15. The monoisotopic (exact) mass is 394 g/mol. The maximum absolute atomic E-state index is 12.8. The number of amides is 1. The predicted molar refractivity (Wildman–Crippen MR) is 99.3 cm³/mol. The van der Waals surface area contributed by atoms with Crippen molar-refractivity contribution in [1.82, 2.24) is 9.88 Å². The van der Waals surface area contributed by atoms with Crippen LogP contribution in [-0.2, 0) is 14.6 Å². The molecular weight excluding hydrogens is 368 g/mol. The van der Waals surface area contributed by atoms with Gasteiger partial charge in [0.15, 0.2) is 15.6 Å². The Morgan fingerprint density at radius 1 is 1.15 bits per heavy atom. The molecule has 0 bridgehead atoms. The van der Waals surface area contributed by atoms with Crippen molar-refractivity contribution in [3.8, 4) is 0 Å². The maximum atomic E-state index is 12.8. The van der Waals surface area contributed by atoms with Gasteiger partial charge in [0.05, 0.1) is 10.1 Å². The predicted octanol–water partition coefficient (Wildman–Crippen LogP) is 2.85. The summed E-state index contributed by atoms with van der Waals surface area (Å²) >= 11 is 0. The average molecular weight is 394 g/mol. The molecular formula is C19H26N2O5S. The van der Waals surface area contributed by atoms with Crippen LogP contribution in [-0.4, -0.2) is 54.1 Å². The van der Waals surface area contributed by atoms with Gasteiger partial charge in [-0.2, -0.15) is 0 Å². The Morgan fingerprint density at radius 3 is 2.33 bits per heavy atom. The van der Waals surface area contributed by atoms with Crippen LogP contribution in [0.4, 0.5) is 4.79 Å². The van der Waals surface area contributed by atoms with Gasteiger partial charge in [-0.1, -0.05) is 0 Å². The van der Waals surface area contributed by atoms with E-state index in [0.29, 0.717) is 38.8 Å². The molecule has 0 atom stereocenters. The summed E-state index contributed by atoms with van der Waals surface area (Å²) in [5.74, 6) is -0.429. The van der Waals surface area contributed by atoms with Gasteiger partial charge in [-0.3, -0.25) is 9.78 Å². The van der Waals surface area contributed by atoms with Crippen LogP contribution < -0.4 is 0 Å². The Balaban J connectivity index is 1.64. The molecule has 0 N–H and O–H groups in total. The number of rotatable bonds is 4. The first-order chi connectivity index (χ1) is 12.6. The molecule has 1 aliphatic carbocycles. The van der Waals surface area contributed by atoms with E-state index in [2.05, 4.69) is 4.98 Å². The standard InChI is InChI=1S/C19H26N2O5S/c1-19(2,3)26-18(23)21-10-7-13(8-11-21)17(22)16-12-15(6-9-20-16)27(24,25)14-4-5-14/h6,9,12-14H,4-5,7-8,10-11H2,1-3H3. The van der Waals surface area contributed by atoms with Gasteiger partial charge >= 0.3 is 6.09 Å². The van der Waals surface area contributed by atoms with Crippen LogP contribution in [0, 0.1) is 5.92 Å². The highest BCUT2D eigenvalue weighted by atomic mass is 32.2. The van der Waals surface area contributed by atoms with Gasteiger partial charge in [-0.25, -0.2) is 13.2 Å². The average Bonchev–Trinajstić information content (AvgIpc) is 3.45. The summed E-state index contributed by atoms with van der Waals surface area (Å²) < 4.78 is 30.1. The highest BCUT2D eigenvalue weighted by Crippen LogP contribution is 2.33. The molecule has 148 valence electrons. The molecule has 2 fully saturated rings. The van der Waals surface area contributed by atoms with Crippen LogP contribution in [0.1, 0.15) is 56.9 Å². The van der Waals surface area contributed by atoms with E-state index in [-0.39, 0.29) is 33.6 Å². The summed E-state index contributed by atoms with van der Waals surface area (Å²) in [4.78, 5) is 30.8. The Hall–Kier alpha value is -1.96. The largest absolute Gasteiger partial charge is 0.444 e. The van der Waals surface area contributed by atoms with Gasteiger partial charge in [0, 0.05) is 25.2 Å². The Morgan fingerprint density at radius 2 is 1.78 bits per heavy atom. The van der Waals surface area contributed by atoms with Gasteiger partial charge in [-0.05, 0) is 58.6 Å². The van der Waals surface area contributed by atoms with E-state index in [1.165, 1.54) is 18.3 Å². The summed E-state index contributed by atoms with van der Waals surface area (Å²) in [6, 6.07) is 2.85. The number of hydrogen-bond acceptors (Lipinski definition) is 6. The van der Waals surface area contributed by atoms with Crippen molar-refractivity contribution in [3.63, 3.8) is 0 Å². The second kappa shape index (κ2) is 7.22. The first-order valence-corrected chi connectivity index (χ1v) is 10.8. The number of carbonyl (C=O) groups is 2. The Kier molecular flexibility index (Phi) is 5.29. The highest BCUT2D eigenvalue weighted by Gasteiger charge is 2.37. The van der Waals surface area contributed by atoms with Crippen molar-refractivity contribution in [2.75, 3.05) is 13.1 Å². The van der Waals surface area contributed by atoms with Crippen molar-refractivity contribution >= 4 is 21.7 Å². The van der Waals surface area contributed by atoms with Crippen LogP contribution >= 0.6 is 0 Å². The number of aromatic nitrogens is 1. The Labute approximate surface area is 160 Å². The zero-order chi connectivity index (χ0) is 19.8. The van der Waals surface area contributed by atoms with Crippen molar-refractivity contribution in [1.29, 1.82) is 0 Å². The lowest BCUT2D eigenvalue weighted by molar-refractivity contribution is 0.0182. The van der Waals surface area contributed by atoms with Gasteiger partial charge in [0.25, 0.3) is 0 Å². The second-order valence-corrected chi connectivity index (χ2v) is 10.5. The van der Waals surface area contributed by atoms with E-state index in [1.807, 2.05) is 20.8 Å². The molecule has 1 saturated heterocycles. The van der Waals surface area contributed by atoms with Crippen LogP contribution in [0.5, 0.6) is 0 Å². The minimum Gasteiger partial charge on any atom is -0.444 e. The lowest BCUT2D eigenvalue weighted by Gasteiger charge is -2.32. The first-order valence-electron chi connectivity index (χ1n) is 9.30. The molecule has 0 unspecified atom stereocenters. The normalized spacial score (nSPS) is 19.0. The van der Waals surface area contributed by atoms with Crippen LogP contribution in [0.25, 0.3) is 0 Å². The number of piperidine rings is 1. The summed E-state index contributed by atoms with van der Waals surface area (Å²) in [6.45, 7) is 6.32. The van der Waals surface area contributed by atoms with E-state index >= 15 is 0 Å². The highest BCUT2D eigenvalue weighted by molar-refractivity contribution is 7.92. The van der Waals surface area contributed by atoms with Gasteiger partial charge in [0.1, 0.15) is 11.3 Å². The van der Waals surface area contributed by atoms with Gasteiger partial charge in [-0.15, -0.1) is 0 Å². The van der Waals surface area contributed by atoms with Crippen molar-refractivity contribution in [3.05, 3.63) is 24.0 Å². The third-order valence-corrected chi connectivity index (χ3v) is 7.05. The molecule has 2 heterocycles. The Bertz CT molecular complexity index is 832. The number of ketones is 1. The fraction of sp³-hybridized carbons (Fsp3) is 0.632. The number of pyridine rings is 1. The molecule has 2 aliphatic rings.